The molecular formula is C16H22N2O6S. The molecular weight excluding hydrogens is 348 g/mol. The summed E-state index contributed by atoms with van der Waals surface area (Å²) in [6.45, 7) is 2.58. The van der Waals surface area contributed by atoms with Gasteiger partial charge in [0.25, 0.3) is 5.91 Å². The van der Waals surface area contributed by atoms with Crippen LogP contribution in [-0.2, 0) is 26.0 Å². The van der Waals surface area contributed by atoms with E-state index in [1.807, 2.05) is 6.92 Å². The van der Waals surface area contributed by atoms with Gasteiger partial charge in [0, 0.05) is 25.7 Å². The number of carboxylic acid groups (broad SMARTS) is 1. The number of carboxylic acids is 1. The van der Waals surface area contributed by atoms with E-state index in [4.69, 9.17) is 9.84 Å². The third kappa shape index (κ3) is 4.36. The first-order chi connectivity index (χ1) is 11.8. The predicted molar refractivity (Wildman–Crippen MR) is 90.0 cm³/mol. The van der Waals surface area contributed by atoms with Crippen molar-refractivity contribution in [3.63, 3.8) is 0 Å². The van der Waals surface area contributed by atoms with Crippen LogP contribution >= 0.6 is 0 Å². The van der Waals surface area contributed by atoms with Crippen LogP contribution in [0.1, 0.15) is 22.8 Å². The van der Waals surface area contributed by atoms with Crippen LogP contribution in [0.5, 0.6) is 0 Å². The van der Waals surface area contributed by atoms with Crippen molar-refractivity contribution in [2.45, 2.75) is 18.2 Å². The van der Waals surface area contributed by atoms with Gasteiger partial charge < -0.3 is 14.7 Å². The highest BCUT2D eigenvalue weighted by molar-refractivity contribution is 7.89. The number of hydrogen-bond donors (Lipinski definition) is 1. The number of amides is 1. The molecule has 0 aliphatic carbocycles. The molecule has 138 valence electrons. The maximum atomic E-state index is 12.9. The van der Waals surface area contributed by atoms with Crippen LogP contribution < -0.4 is 0 Å². The van der Waals surface area contributed by atoms with Gasteiger partial charge in [-0.25, -0.2) is 8.42 Å². The number of ether oxygens (including phenoxy) is 1. The molecule has 25 heavy (non-hydrogen) atoms. The van der Waals surface area contributed by atoms with E-state index in [-0.39, 0.29) is 23.5 Å². The van der Waals surface area contributed by atoms with Crippen LogP contribution in [0, 0.1) is 0 Å². The summed E-state index contributed by atoms with van der Waals surface area (Å²) in [5.74, 6) is -1.68. The number of likely N-dealkylation sites (N-methyl/N-ethyl adjacent to an activating group) is 1. The van der Waals surface area contributed by atoms with Crippen molar-refractivity contribution in [3.8, 4) is 0 Å². The number of benzene rings is 1. The molecule has 1 fully saturated rings. The second kappa shape index (κ2) is 7.94. The summed E-state index contributed by atoms with van der Waals surface area (Å²) >= 11 is 0. The topological polar surface area (TPSA) is 104 Å². The average molecular weight is 370 g/mol. The molecule has 0 atom stereocenters. The van der Waals surface area contributed by atoms with Gasteiger partial charge in [-0.05, 0) is 24.1 Å². The summed E-state index contributed by atoms with van der Waals surface area (Å²) in [7, 11) is -2.38. The first kappa shape index (κ1) is 19.4. The third-order valence-electron chi connectivity index (χ3n) is 4.00. The van der Waals surface area contributed by atoms with Gasteiger partial charge in [-0.1, -0.05) is 13.0 Å². The maximum Gasteiger partial charge on any atom is 0.323 e. The first-order valence-electron chi connectivity index (χ1n) is 7.95. The normalized spacial score (nSPS) is 15.8. The fraction of sp³-hybridized carbons (Fsp3) is 0.500. The Morgan fingerprint density at radius 2 is 1.92 bits per heavy atom. The highest BCUT2D eigenvalue weighted by Gasteiger charge is 2.29. The summed E-state index contributed by atoms with van der Waals surface area (Å²) < 4.78 is 32.4. The van der Waals surface area contributed by atoms with E-state index in [2.05, 4.69) is 0 Å². The van der Waals surface area contributed by atoms with Gasteiger partial charge in [0.15, 0.2) is 0 Å². The summed E-state index contributed by atoms with van der Waals surface area (Å²) in [4.78, 5) is 24.3. The Bertz CT molecular complexity index is 756. The van der Waals surface area contributed by atoms with Gasteiger partial charge in [0.05, 0.1) is 18.1 Å². The van der Waals surface area contributed by atoms with Crippen LogP contribution in [0.15, 0.2) is 23.1 Å². The number of aliphatic carboxylic acids is 1. The van der Waals surface area contributed by atoms with Crippen molar-refractivity contribution in [1.29, 1.82) is 0 Å². The molecule has 1 saturated heterocycles. The molecule has 0 saturated carbocycles. The lowest BCUT2D eigenvalue weighted by Gasteiger charge is -2.27. The number of carbonyl (C=O) groups excluding carboxylic acids is 1. The molecule has 2 rings (SSSR count). The number of aryl methyl sites for hydroxylation is 1. The van der Waals surface area contributed by atoms with Gasteiger partial charge in [0.2, 0.25) is 10.0 Å². The maximum absolute atomic E-state index is 12.9. The van der Waals surface area contributed by atoms with E-state index in [1.165, 1.54) is 23.5 Å². The zero-order valence-electron chi connectivity index (χ0n) is 14.3. The molecule has 1 amide bonds. The summed E-state index contributed by atoms with van der Waals surface area (Å²) in [6.07, 6.45) is 0.498. The van der Waals surface area contributed by atoms with Crippen molar-refractivity contribution in [2.24, 2.45) is 0 Å². The molecule has 8 nitrogen and oxygen atoms in total. The number of nitrogens with zero attached hydrogens (tertiary/aromatic N) is 2. The molecule has 1 heterocycles. The average Bonchev–Trinajstić information content (AvgIpc) is 2.60. The second-order valence-corrected chi connectivity index (χ2v) is 7.65. The lowest BCUT2D eigenvalue weighted by Crippen LogP contribution is -2.41. The minimum atomic E-state index is -3.74. The largest absolute Gasteiger partial charge is 0.480 e. The van der Waals surface area contributed by atoms with Gasteiger partial charge in [-0.3, -0.25) is 9.59 Å². The van der Waals surface area contributed by atoms with E-state index in [0.29, 0.717) is 25.2 Å². The Morgan fingerprint density at radius 1 is 1.28 bits per heavy atom. The van der Waals surface area contributed by atoms with Crippen molar-refractivity contribution in [3.05, 3.63) is 29.3 Å². The fourth-order valence-electron chi connectivity index (χ4n) is 2.64. The molecule has 1 aromatic carbocycles. The Kier molecular flexibility index (Phi) is 6.15. The Labute approximate surface area is 147 Å². The minimum Gasteiger partial charge on any atom is -0.480 e. The summed E-state index contributed by atoms with van der Waals surface area (Å²) in [5, 5.41) is 8.81. The Morgan fingerprint density at radius 3 is 2.48 bits per heavy atom. The second-order valence-electron chi connectivity index (χ2n) is 5.75. The highest BCUT2D eigenvalue weighted by Crippen LogP contribution is 2.24. The molecule has 1 aliphatic rings. The zero-order chi connectivity index (χ0) is 18.6. The molecule has 1 N–H and O–H groups in total. The monoisotopic (exact) mass is 370 g/mol. The Hall–Kier alpha value is -1.97. The third-order valence-corrected chi connectivity index (χ3v) is 5.98. The number of carbonyl (C=O) groups is 2. The molecule has 9 heteroatoms. The first-order valence-corrected chi connectivity index (χ1v) is 9.39. The van der Waals surface area contributed by atoms with Crippen LogP contribution in [0.25, 0.3) is 0 Å². The molecule has 1 aliphatic heterocycles. The minimum absolute atomic E-state index is 0.0893. The van der Waals surface area contributed by atoms with Crippen LogP contribution in [0.4, 0.5) is 0 Å². The SMILES string of the molecule is CCc1ccc(C(=O)N(C)CC(=O)O)cc1S(=O)(=O)N1CCOCC1. The van der Waals surface area contributed by atoms with E-state index in [9.17, 15) is 18.0 Å². The van der Waals surface area contributed by atoms with Crippen molar-refractivity contribution in [2.75, 3.05) is 39.9 Å². The lowest BCUT2D eigenvalue weighted by atomic mass is 10.1. The highest BCUT2D eigenvalue weighted by atomic mass is 32.2. The smallest absolute Gasteiger partial charge is 0.323 e. The zero-order valence-corrected chi connectivity index (χ0v) is 15.1. The standard InChI is InChI=1S/C16H22N2O6S/c1-3-12-4-5-13(16(21)17(2)11-15(19)20)10-14(12)25(22,23)18-6-8-24-9-7-18/h4-5,10H,3,6-9,11H2,1-2H3,(H,19,20). The van der Waals surface area contributed by atoms with E-state index < -0.39 is 28.4 Å². The fourth-order valence-corrected chi connectivity index (χ4v) is 4.37. The van der Waals surface area contributed by atoms with Crippen LogP contribution in [0.3, 0.4) is 0 Å². The van der Waals surface area contributed by atoms with Crippen molar-refractivity contribution in [1.82, 2.24) is 9.21 Å². The van der Waals surface area contributed by atoms with Crippen LogP contribution in [0.2, 0.25) is 0 Å². The molecule has 0 aromatic heterocycles. The summed E-state index contributed by atoms with van der Waals surface area (Å²) in [6, 6.07) is 4.47. The van der Waals surface area contributed by atoms with Crippen molar-refractivity contribution < 1.29 is 27.9 Å². The van der Waals surface area contributed by atoms with Gasteiger partial charge in [0.1, 0.15) is 6.54 Å². The van der Waals surface area contributed by atoms with Gasteiger partial charge >= 0.3 is 5.97 Å². The van der Waals surface area contributed by atoms with Gasteiger partial charge in [-0.15, -0.1) is 0 Å². The van der Waals surface area contributed by atoms with E-state index in [1.54, 1.807) is 6.07 Å². The molecule has 1 aromatic rings. The molecule has 0 unspecified atom stereocenters. The summed E-state index contributed by atoms with van der Waals surface area (Å²) in [5.41, 5.74) is 0.761. The number of rotatable bonds is 6. The Balaban J connectivity index is 2.40. The number of morpholine rings is 1. The quantitative estimate of drug-likeness (QED) is 0.779. The van der Waals surface area contributed by atoms with Crippen molar-refractivity contribution >= 4 is 21.9 Å². The van der Waals surface area contributed by atoms with Gasteiger partial charge in [-0.2, -0.15) is 4.31 Å². The molecule has 0 radical (unpaired) electrons. The molecule has 0 bridgehead atoms. The predicted octanol–water partition coefficient (Wildman–Crippen LogP) is 0.427. The number of hydrogen-bond acceptors (Lipinski definition) is 5. The van der Waals surface area contributed by atoms with E-state index >= 15 is 0 Å². The number of sulfonamides is 1. The lowest BCUT2D eigenvalue weighted by molar-refractivity contribution is -0.137. The van der Waals surface area contributed by atoms with Crippen LogP contribution in [-0.4, -0.2) is 74.5 Å². The molecule has 0 spiro atoms. The van der Waals surface area contributed by atoms with E-state index in [0.717, 1.165) is 4.90 Å².